The van der Waals surface area contributed by atoms with E-state index in [2.05, 4.69) is 28.2 Å². The summed E-state index contributed by atoms with van der Waals surface area (Å²) in [5.41, 5.74) is 2.04. The topological polar surface area (TPSA) is 67.5 Å². The van der Waals surface area contributed by atoms with Crippen molar-refractivity contribution >= 4 is 38.8 Å². The lowest BCUT2D eigenvalue weighted by molar-refractivity contribution is -0.134. The molecule has 1 fully saturated rings. The molecule has 3 aromatic rings. The first kappa shape index (κ1) is 22.3. The lowest BCUT2D eigenvalue weighted by atomic mass is 9.93. The van der Waals surface area contributed by atoms with Crippen LogP contribution in [0.5, 0.6) is 0 Å². The van der Waals surface area contributed by atoms with E-state index >= 15 is 0 Å². The van der Waals surface area contributed by atoms with E-state index in [1.165, 1.54) is 6.42 Å². The molecular weight excluding hydrogens is 482 g/mol. The van der Waals surface area contributed by atoms with Crippen LogP contribution in [0.2, 0.25) is 0 Å². The fourth-order valence-electron chi connectivity index (χ4n) is 5.31. The minimum Gasteiger partial charge on any atom is -0.463 e. The van der Waals surface area contributed by atoms with Crippen molar-refractivity contribution in [3.8, 4) is 0 Å². The maximum absolute atomic E-state index is 13.8. The summed E-state index contributed by atoms with van der Waals surface area (Å²) >= 11 is 3.52. The summed E-state index contributed by atoms with van der Waals surface area (Å²) in [6.45, 7) is 4.93. The quantitative estimate of drug-likeness (QED) is 0.470. The number of carbonyl (C=O) groups excluding carboxylic acids is 2. The van der Waals surface area contributed by atoms with Crippen molar-refractivity contribution in [3.05, 3.63) is 58.4 Å². The van der Waals surface area contributed by atoms with Gasteiger partial charge in [-0.25, -0.2) is 0 Å². The fraction of sp³-hybridized carbons (Fsp3) is 0.462. The smallest absolute Gasteiger partial charge is 0.271 e. The number of nitrogens with one attached hydrogen (secondary N) is 1. The molecule has 5 rings (SSSR count). The van der Waals surface area contributed by atoms with Gasteiger partial charge in [0.1, 0.15) is 11.2 Å². The average molecular weight is 512 g/mol. The van der Waals surface area contributed by atoms with Gasteiger partial charge in [-0.1, -0.05) is 47.8 Å². The SMILES string of the molecule is CC1CCCC(NC(=O)C2(C)Cn3c(cc4occc43)C(=O)N2Cc2cccc(Br)c2)CC1. The monoisotopic (exact) mass is 511 g/mol. The Kier molecular flexibility index (Phi) is 5.85. The number of benzene rings is 1. The van der Waals surface area contributed by atoms with Crippen LogP contribution < -0.4 is 5.32 Å². The summed E-state index contributed by atoms with van der Waals surface area (Å²) < 4.78 is 8.45. The van der Waals surface area contributed by atoms with E-state index in [1.54, 1.807) is 17.2 Å². The van der Waals surface area contributed by atoms with Crippen molar-refractivity contribution in [3.63, 3.8) is 0 Å². The standard InChI is InChI=1S/C26H30BrN3O3/c1-17-5-3-8-20(10-9-17)28-25(32)26(2)16-29-21-11-12-33-23(21)14-22(29)24(31)30(26)15-18-6-4-7-19(27)13-18/h4,6-7,11-14,17,20H,3,5,8-10,15-16H2,1-2H3,(H,28,32). The van der Waals surface area contributed by atoms with Crippen LogP contribution in [0.25, 0.3) is 11.1 Å². The number of nitrogens with zero attached hydrogens (tertiary/aromatic N) is 2. The van der Waals surface area contributed by atoms with E-state index in [0.717, 1.165) is 41.2 Å². The Morgan fingerprint density at radius 2 is 2.06 bits per heavy atom. The molecule has 0 saturated heterocycles. The second kappa shape index (κ2) is 8.67. The first-order valence-corrected chi connectivity index (χ1v) is 12.6. The second-order valence-corrected chi connectivity index (χ2v) is 10.8. The zero-order valence-electron chi connectivity index (χ0n) is 19.1. The fourth-order valence-corrected chi connectivity index (χ4v) is 5.76. The van der Waals surface area contributed by atoms with Crippen molar-refractivity contribution in [2.45, 2.75) is 70.6 Å². The maximum atomic E-state index is 13.8. The Balaban J connectivity index is 1.50. The number of halogens is 1. The molecule has 3 heterocycles. The lowest BCUT2D eigenvalue weighted by Crippen LogP contribution is -2.64. The van der Waals surface area contributed by atoms with Crippen LogP contribution in [-0.4, -0.2) is 32.9 Å². The Hall–Kier alpha value is -2.54. The predicted molar refractivity (Wildman–Crippen MR) is 131 cm³/mol. The van der Waals surface area contributed by atoms with Gasteiger partial charge in [0.2, 0.25) is 5.91 Å². The van der Waals surface area contributed by atoms with Crippen molar-refractivity contribution in [2.24, 2.45) is 5.92 Å². The van der Waals surface area contributed by atoms with E-state index in [-0.39, 0.29) is 17.9 Å². The van der Waals surface area contributed by atoms with E-state index in [0.29, 0.717) is 30.3 Å². The number of rotatable bonds is 4. The molecule has 0 radical (unpaired) electrons. The van der Waals surface area contributed by atoms with Gasteiger partial charge in [0, 0.05) is 29.2 Å². The Morgan fingerprint density at radius 1 is 1.21 bits per heavy atom. The number of fused-ring (bicyclic) bond motifs is 3. The van der Waals surface area contributed by atoms with Crippen molar-refractivity contribution in [1.29, 1.82) is 0 Å². The zero-order chi connectivity index (χ0) is 23.2. The van der Waals surface area contributed by atoms with Gasteiger partial charge in [-0.15, -0.1) is 0 Å². The molecule has 1 saturated carbocycles. The minimum absolute atomic E-state index is 0.0820. The van der Waals surface area contributed by atoms with Crippen LogP contribution in [0.3, 0.4) is 0 Å². The summed E-state index contributed by atoms with van der Waals surface area (Å²) in [5.74, 6) is 0.463. The Morgan fingerprint density at radius 3 is 2.88 bits per heavy atom. The van der Waals surface area contributed by atoms with Gasteiger partial charge in [-0.3, -0.25) is 9.59 Å². The normalized spacial score (nSPS) is 25.7. The summed E-state index contributed by atoms with van der Waals surface area (Å²) in [6, 6.07) is 11.7. The number of amides is 2. The van der Waals surface area contributed by atoms with Gasteiger partial charge < -0.3 is 19.2 Å². The summed E-state index contributed by atoms with van der Waals surface area (Å²) in [4.78, 5) is 29.3. The molecule has 2 aromatic heterocycles. The van der Waals surface area contributed by atoms with E-state index in [4.69, 9.17) is 4.42 Å². The van der Waals surface area contributed by atoms with E-state index in [1.807, 2.05) is 41.8 Å². The molecule has 1 N–H and O–H groups in total. The van der Waals surface area contributed by atoms with Crippen molar-refractivity contribution in [2.75, 3.05) is 0 Å². The number of aromatic nitrogens is 1. The molecule has 3 unspecified atom stereocenters. The van der Waals surface area contributed by atoms with Gasteiger partial charge in [0.05, 0.1) is 18.3 Å². The van der Waals surface area contributed by atoms with Gasteiger partial charge >= 0.3 is 0 Å². The number of furan rings is 1. The van der Waals surface area contributed by atoms with Gasteiger partial charge in [-0.2, -0.15) is 0 Å². The zero-order valence-corrected chi connectivity index (χ0v) is 20.7. The molecule has 3 atom stereocenters. The molecule has 7 heteroatoms. The summed E-state index contributed by atoms with van der Waals surface area (Å²) in [6.07, 6.45) is 7.07. The maximum Gasteiger partial charge on any atom is 0.271 e. The van der Waals surface area contributed by atoms with Crippen molar-refractivity contribution < 1.29 is 14.0 Å². The predicted octanol–water partition coefficient (Wildman–Crippen LogP) is 5.50. The van der Waals surface area contributed by atoms with Gasteiger partial charge in [0.15, 0.2) is 5.58 Å². The Labute approximate surface area is 202 Å². The van der Waals surface area contributed by atoms with Crippen LogP contribution in [-0.2, 0) is 17.9 Å². The highest BCUT2D eigenvalue weighted by atomic mass is 79.9. The number of carbonyl (C=O) groups is 2. The van der Waals surface area contributed by atoms with Crippen LogP contribution >= 0.6 is 15.9 Å². The minimum atomic E-state index is -1.02. The van der Waals surface area contributed by atoms with Crippen LogP contribution in [0.4, 0.5) is 0 Å². The molecule has 2 aliphatic rings. The summed E-state index contributed by atoms with van der Waals surface area (Å²) in [7, 11) is 0. The molecule has 174 valence electrons. The molecule has 6 nitrogen and oxygen atoms in total. The number of hydrogen-bond acceptors (Lipinski definition) is 3. The average Bonchev–Trinajstić information content (AvgIpc) is 3.31. The molecule has 1 aliphatic carbocycles. The van der Waals surface area contributed by atoms with E-state index < -0.39 is 5.54 Å². The molecular formula is C26H30BrN3O3. The first-order chi connectivity index (χ1) is 15.8. The third-order valence-corrected chi connectivity index (χ3v) is 7.85. The highest BCUT2D eigenvalue weighted by Gasteiger charge is 2.48. The highest BCUT2D eigenvalue weighted by Crippen LogP contribution is 2.34. The molecule has 1 aromatic carbocycles. The first-order valence-electron chi connectivity index (χ1n) is 11.8. The van der Waals surface area contributed by atoms with Crippen LogP contribution in [0, 0.1) is 5.92 Å². The third-order valence-electron chi connectivity index (χ3n) is 7.36. The number of hydrogen-bond donors (Lipinski definition) is 1. The highest BCUT2D eigenvalue weighted by molar-refractivity contribution is 9.10. The van der Waals surface area contributed by atoms with Crippen LogP contribution in [0.1, 0.15) is 62.0 Å². The molecule has 0 spiro atoms. The Bertz CT molecular complexity index is 1200. The van der Waals surface area contributed by atoms with Crippen LogP contribution in [0.15, 0.2) is 51.6 Å². The molecule has 0 bridgehead atoms. The molecule has 1 aliphatic heterocycles. The van der Waals surface area contributed by atoms with Crippen molar-refractivity contribution in [1.82, 2.24) is 14.8 Å². The molecule has 2 amide bonds. The third kappa shape index (κ3) is 4.12. The second-order valence-electron chi connectivity index (χ2n) is 9.86. The summed E-state index contributed by atoms with van der Waals surface area (Å²) in [5, 5.41) is 3.32. The lowest BCUT2D eigenvalue weighted by Gasteiger charge is -2.44. The van der Waals surface area contributed by atoms with Gasteiger partial charge in [-0.05, 0) is 49.8 Å². The largest absolute Gasteiger partial charge is 0.463 e. The molecule has 33 heavy (non-hydrogen) atoms. The van der Waals surface area contributed by atoms with E-state index in [9.17, 15) is 9.59 Å². The van der Waals surface area contributed by atoms with Gasteiger partial charge in [0.25, 0.3) is 5.91 Å².